The maximum atomic E-state index is 14.4. The molecule has 0 saturated heterocycles. The first-order valence-corrected chi connectivity index (χ1v) is 7.78. The van der Waals surface area contributed by atoms with E-state index < -0.39 is 34.6 Å². The first kappa shape index (κ1) is 17.3. The average molecular weight is 363 g/mol. The second-order valence-electron chi connectivity index (χ2n) is 5.67. The van der Waals surface area contributed by atoms with Gasteiger partial charge in [-0.05, 0) is 30.7 Å². The van der Waals surface area contributed by atoms with Crippen LogP contribution in [0.15, 0.2) is 41.3 Å². The summed E-state index contributed by atoms with van der Waals surface area (Å²) in [5, 5.41) is 0.408. The second-order valence-corrected chi connectivity index (χ2v) is 6.08. The van der Waals surface area contributed by atoms with Gasteiger partial charge in [0, 0.05) is 28.6 Å². The quantitative estimate of drug-likeness (QED) is 0.697. The van der Waals surface area contributed by atoms with Gasteiger partial charge in [-0.2, -0.15) is 0 Å². The molecule has 1 aromatic heterocycles. The Hall–Kier alpha value is -2.57. The van der Waals surface area contributed by atoms with Gasteiger partial charge in [0.25, 0.3) is 5.56 Å². The Bertz CT molecular complexity index is 1040. The van der Waals surface area contributed by atoms with Crippen LogP contribution in [-0.4, -0.2) is 10.8 Å². The van der Waals surface area contributed by atoms with Crippen molar-refractivity contribution in [1.82, 2.24) is 4.98 Å². The highest BCUT2D eigenvalue weighted by Crippen LogP contribution is 2.28. The maximum absolute atomic E-state index is 14.4. The molecule has 0 amide bonds. The largest absolute Gasteiger partial charge is 0.327 e. The lowest BCUT2D eigenvalue weighted by Gasteiger charge is -2.11. The fourth-order valence-corrected chi connectivity index (χ4v) is 2.93. The molecule has 25 heavy (non-hydrogen) atoms. The van der Waals surface area contributed by atoms with Gasteiger partial charge in [-0.3, -0.25) is 9.59 Å². The lowest BCUT2D eigenvalue weighted by Crippen LogP contribution is -2.13. The third kappa shape index (κ3) is 2.94. The van der Waals surface area contributed by atoms with Crippen LogP contribution in [0.25, 0.3) is 10.8 Å². The van der Waals surface area contributed by atoms with Crippen molar-refractivity contribution < 1.29 is 13.6 Å². The van der Waals surface area contributed by atoms with E-state index in [1.165, 1.54) is 24.4 Å². The molecule has 0 aliphatic rings. The predicted molar refractivity (Wildman–Crippen MR) is 92.0 cm³/mol. The minimum Gasteiger partial charge on any atom is -0.327 e. The standard InChI is InChI=1S/C18H13ClF2N2O2/c1-8(22)9-5-13(20)16(14(21)6-9)17(24)10-3-2-4-11-15(10)12(19)7-23-18(11)25/h2-8H,22H2,1H3,(H,23,25)/t8-/m1/s1. The van der Waals surface area contributed by atoms with Crippen molar-refractivity contribution in [3.05, 3.63) is 80.2 Å². The number of carbonyl (C=O) groups excluding carboxylic acids is 1. The Balaban J connectivity index is 2.26. The molecule has 4 nitrogen and oxygen atoms in total. The molecule has 1 heterocycles. The molecule has 3 aromatic rings. The van der Waals surface area contributed by atoms with Crippen LogP contribution in [0, 0.1) is 11.6 Å². The molecule has 0 spiro atoms. The predicted octanol–water partition coefficient (Wildman–Crippen LogP) is 3.71. The zero-order valence-corrected chi connectivity index (χ0v) is 13.8. The maximum Gasteiger partial charge on any atom is 0.255 e. The van der Waals surface area contributed by atoms with Gasteiger partial charge in [-0.25, -0.2) is 8.78 Å². The molecular weight excluding hydrogens is 350 g/mol. The summed E-state index contributed by atoms with van der Waals surface area (Å²) in [4.78, 5) is 27.1. The van der Waals surface area contributed by atoms with Gasteiger partial charge in [0.2, 0.25) is 0 Å². The zero-order chi connectivity index (χ0) is 18.3. The molecule has 0 radical (unpaired) electrons. The Labute approximate surface area is 146 Å². The van der Waals surface area contributed by atoms with E-state index in [0.717, 1.165) is 12.1 Å². The molecule has 0 unspecified atom stereocenters. The van der Waals surface area contributed by atoms with Crippen molar-refractivity contribution in [2.75, 3.05) is 0 Å². The molecule has 0 aliphatic carbocycles. The number of rotatable bonds is 3. The van der Waals surface area contributed by atoms with Crippen LogP contribution in [0.4, 0.5) is 8.78 Å². The van der Waals surface area contributed by atoms with E-state index in [4.69, 9.17) is 17.3 Å². The zero-order valence-electron chi connectivity index (χ0n) is 13.1. The number of hydrogen-bond acceptors (Lipinski definition) is 3. The van der Waals surface area contributed by atoms with Crippen LogP contribution in [-0.2, 0) is 0 Å². The number of carbonyl (C=O) groups is 1. The van der Waals surface area contributed by atoms with E-state index in [-0.39, 0.29) is 26.9 Å². The van der Waals surface area contributed by atoms with E-state index in [1.807, 2.05) is 0 Å². The van der Waals surface area contributed by atoms with Crippen molar-refractivity contribution >= 4 is 28.2 Å². The third-order valence-corrected chi connectivity index (χ3v) is 4.24. The van der Waals surface area contributed by atoms with Crippen LogP contribution in [0.5, 0.6) is 0 Å². The molecule has 2 aromatic carbocycles. The second kappa shape index (κ2) is 6.38. The Kier molecular flexibility index (Phi) is 4.41. The molecule has 3 rings (SSSR count). The van der Waals surface area contributed by atoms with Crippen molar-refractivity contribution in [3.63, 3.8) is 0 Å². The number of H-pyrrole nitrogens is 1. The Morgan fingerprint density at radius 1 is 1.24 bits per heavy atom. The summed E-state index contributed by atoms with van der Waals surface area (Å²) < 4.78 is 28.7. The molecule has 0 fully saturated rings. The topological polar surface area (TPSA) is 76.0 Å². The molecule has 0 aliphatic heterocycles. The van der Waals surface area contributed by atoms with Crippen molar-refractivity contribution in [2.24, 2.45) is 5.73 Å². The molecule has 0 saturated carbocycles. The summed E-state index contributed by atoms with van der Waals surface area (Å²) in [6, 6.07) is 5.77. The summed E-state index contributed by atoms with van der Waals surface area (Å²) in [7, 11) is 0. The van der Waals surface area contributed by atoms with E-state index in [0.29, 0.717) is 0 Å². The van der Waals surface area contributed by atoms with Crippen LogP contribution in [0.3, 0.4) is 0 Å². The van der Waals surface area contributed by atoms with Gasteiger partial charge in [0.15, 0.2) is 5.78 Å². The summed E-state index contributed by atoms with van der Waals surface area (Å²) in [5.74, 6) is -2.94. The van der Waals surface area contributed by atoms with Crippen molar-refractivity contribution in [1.29, 1.82) is 0 Å². The van der Waals surface area contributed by atoms with Gasteiger partial charge < -0.3 is 10.7 Å². The number of aromatic amines is 1. The Morgan fingerprint density at radius 3 is 2.48 bits per heavy atom. The summed E-state index contributed by atoms with van der Waals surface area (Å²) in [6.45, 7) is 1.58. The van der Waals surface area contributed by atoms with E-state index in [1.54, 1.807) is 6.92 Å². The first-order valence-electron chi connectivity index (χ1n) is 7.40. The monoisotopic (exact) mass is 362 g/mol. The number of aromatic nitrogens is 1. The first-order chi connectivity index (χ1) is 11.8. The lowest BCUT2D eigenvalue weighted by molar-refractivity contribution is 0.103. The lowest BCUT2D eigenvalue weighted by atomic mass is 9.95. The van der Waals surface area contributed by atoms with Gasteiger partial charge in [0.05, 0.1) is 10.6 Å². The minimum atomic E-state index is -1.02. The number of ketones is 1. The number of pyridine rings is 1. The number of hydrogen-bond donors (Lipinski definition) is 2. The van der Waals surface area contributed by atoms with E-state index in [9.17, 15) is 18.4 Å². The summed E-state index contributed by atoms with van der Waals surface area (Å²) in [5.41, 5.74) is 4.63. The third-order valence-electron chi connectivity index (χ3n) is 3.94. The van der Waals surface area contributed by atoms with Crippen molar-refractivity contribution in [3.8, 4) is 0 Å². The molecule has 128 valence electrons. The number of benzene rings is 2. The summed E-state index contributed by atoms with van der Waals surface area (Å²) in [6.07, 6.45) is 1.23. The molecule has 0 bridgehead atoms. The van der Waals surface area contributed by atoms with Crippen LogP contribution < -0.4 is 11.3 Å². The van der Waals surface area contributed by atoms with Gasteiger partial charge >= 0.3 is 0 Å². The molecule has 7 heteroatoms. The SMILES string of the molecule is C[C@@H](N)c1cc(F)c(C(=O)c2cccc3c(=O)[nH]cc(Cl)c23)c(F)c1. The van der Waals surface area contributed by atoms with Gasteiger partial charge in [0.1, 0.15) is 11.6 Å². The highest BCUT2D eigenvalue weighted by atomic mass is 35.5. The van der Waals surface area contributed by atoms with E-state index >= 15 is 0 Å². The molecular formula is C18H13ClF2N2O2. The minimum absolute atomic E-state index is 0.0556. The fourth-order valence-electron chi connectivity index (χ4n) is 2.67. The smallest absolute Gasteiger partial charge is 0.255 e. The molecule has 1 atom stereocenters. The van der Waals surface area contributed by atoms with Gasteiger partial charge in [-0.1, -0.05) is 23.7 Å². The normalized spacial score (nSPS) is 12.4. The van der Waals surface area contributed by atoms with E-state index in [2.05, 4.69) is 4.98 Å². The number of halogens is 3. The van der Waals surface area contributed by atoms with Crippen LogP contribution in [0.1, 0.15) is 34.5 Å². The molecule has 3 N–H and O–H groups in total. The van der Waals surface area contributed by atoms with Crippen molar-refractivity contribution in [2.45, 2.75) is 13.0 Å². The number of fused-ring (bicyclic) bond motifs is 1. The highest BCUT2D eigenvalue weighted by Gasteiger charge is 2.23. The average Bonchev–Trinajstić information content (AvgIpc) is 2.57. The Morgan fingerprint density at radius 2 is 1.88 bits per heavy atom. The number of nitrogens with two attached hydrogens (primary N) is 1. The van der Waals surface area contributed by atoms with Crippen LogP contribution in [0.2, 0.25) is 5.02 Å². The highest BCUT2D eigenvalue weighted by molar-refractivity contribution is 6.37. The fraction of sp³-hybridized carbons (Fsp3) is 0.111. The summed E-state index contributed by atoms with van der Waals surface area (Å²) >= 11 is 6.09. The van der Waals surface area contributed by atoms with Gasteiger partial charge in [-0.15, -0.1) is 0 Å². The van der Waals surface area contributed by atoms with Crippen LogP contribution >= 0.6 is 11.6 Å². The number of nitrogens with one attached hydrogen (secondary N) is 1.